The molecule has 0 saturated heterocycles. The second-order valence-electron chi connectivity index (χ2n) is 5.04. The zero-order valence-corrected chi connectivity index (χ0v) is 13.3. The second-order valence-corrected chi connectivity index (χ2v) is 5.04. The number of carbonyl (C=O) groups is 1. The molecule has 0 fully saturated rings. The zero-order valence-electron chi connectivity index (χ0n) is 13.3. The fraction of sp³-hybridized carbons (Fsp3) is 0.278. The molecular weight excluding hydrogens is 297 g/mol. The molecule has 0 bridgehead atoms. The third kappa shape index (κ3) is 4.79. The van der Waals surface area contributed by atoms with Gasteiger partial charge in [-0.15, -0.1) is 0 Å². The molecule has 0 saturated carbocycles. The molecule has 1 amide bonds. The Hall–Kier alpha value is -2.40. The number of ether oxygens (including phenoxy) is 2. The summed E-state index contributed by atoms with van der Waals surface area (Å²) in [6, 6.07) is 10.8. The van der Waals surface area contributed by atoms with Crippen molar-refractivity contribution in [3.8, 4) is 5.75 Å². The normalized spacial score (nSPS) is 10.4. The molecule has 2 aromatic carbocycles. The van der Waals surface area contributed by atoms with E-state index in [9.17, 15) is 9.18 Å². The summed E-state index contributed by atoms with van der Waals surface area (Å²) < 4.78 is 23.7. The zero-order chi connectivity index (χ0) is 16.7. The first kappa shape index (κ1) is 17.0. The van der Waals surface area contributed by atoms with Crippen molar-refractivity contribution in [2.24, 2.45) is 0 Å². The van der Waals surface area contributed by atoms with Crippen LogP contribution in [0.4, 0.5) is 10.1 Å². The largest absolute Gasteiger partial charge is 0.496 e. The molecule has 0 spiro atoms. The molecule has 0 radical (unpaired) electrons. The van der Waals surface area contributed by atoms with Gasteiger partial charge in [0.1, 0.15) is 11.6 Å². The molecule has 0 atom stereocenters. The predicted octanol–water partition coefficient (Wildman–Crippen LogP) is 4.01. The lowest BCUT2D eigenvalue weighted by atomic mass is 10.1. The predicted molar refractivity (Wildman–Crippen MR) is 87.3 cm³/mol. The van der Waals surface area contributed by atoms with Crippen molar-refractivity contribution in [1.82, 2.24) is 0 Å². The average Bonchev–Trinajstić information content (AvgIpc) is 2.57. The highest BCUT2D eigenvalue weighted by atomic mass is 19.1. The number of halogens is 1. The van der Waals surface area contributed by atoms with E-state index in [-0.39, 0.29) is 11.7 Å². The van der Waals surface area contributed by atoms with Crippen LogP contribution in [0.25, 0.3) is 0 Å². The third-order valence-electron chi connectivity index (χ3n) is 3.25. The third-order valence-corrected chi connectivity index (χ3v) is 3.25. The molecular formula is C18H20FNO3. The van der Waals surface area contributed by atoms with Gasteiger partial charge < -0.3 is 14.8 Å². The number of anilines is 1. The van der Waals surface area contributed by atoms with Crippen LogP contribution in [-0.2, 0) is 11.3 Å². The van der Waals surface area contributed by atoms with Gasteiger partial charge in [-0.2, -0.15) is 0 Å². The van der Waals surface area contributed by atoms with E-state index in [1.807, 2.05) is 6.92 Å². The van der Waals surface area contributed by atoms with E-state index >= 15 is 0 Å². The number of carbonyl (C=O) groups excluding carboxylic acids is 1. The lowest BCUT2D eigenvalue weighted by Crippen LogP contribution is -2.12. The molecule has 122 valence electrons. The summed E-state index contributed by atoms with van der Waals surface area (Å²) >= 11 is 0. The van der Waals surface area contributed by atoms with Crippen LogP contribution in [0.5, 0.6) is 5.75 Å². The summed E-state index contributed by atoms with van der Waals surface area (Å²) in [6.45, 7) is 3.06. The van der Waals surface area contributed by atoms with Crippen molar-refractivity contribution < 1.29 is 18.7 Å². The number of methoxy groups -OCH3 is 1. The van der Waals surface area contributed by atoms with Gasteiger partial charge in [0.05, 0.1) is 13.7 Å². The number of hydrogen-bond acceptors (Lipinski definition) is 3. The maximum absolute atomic E-state index is 12.9. The smallest absolute Gasteiger partial charge is 0.255 e. The number of hydrogen-bond donors (Lipinski definition) is 1. The Morgan fingerprint density at radius 2 is 1.91 bits per heavy atom. The molecule has 1 N–H and O–H groups in total. The standard InChI is InChI=1S/C18H20FNO3/c1-3-10-23-12-14-11-13(4-9-17(14)22-2)18(21)20-16-7-5-15(19)6-8-16/h4-9,11H,3,10,12H2,1-2H3,(H,20,21). The first-order valence-electron chi connectivity index (χ1n) is 7.45. The van der Waals surface area contributed by atoms with Crippen molar-refractivity contribution in [1.29, 1.82) is 0 Å². The Balaban J connectivity index is 2.12. The summed E-state index contributed by atoms with van der Waals surface area (Å²) in [5, 5.41) is 2.73. The molecule has 23 heavy (non-hydrogen) atoms. The molecule has 0 aromatic heterocycles. The summed E-state index contributed by atoms with van der Waals surface area (Å²) in [5.74, 6) is 0.0678. The van der Waals surface area contributed by atoms with Gasteiger partial charge in [0, 0.05) is 23.4 Å². The van der Waals surface area contributed by atoms with Gasteiger partial charge in [-0.3, -0.25) is 4.79 Å². The topological polar surface area (TPSA) is 47.6 Å². The molecule has 4 nitrogen and oxygen atoms in total. The highest BCUT2D eigenvalue weighted by molar-refractivity contribution is 6.04. The highest BCUT2D eigenvalue weighted by Crippen LogP contribution is 2.22. The van der Waals surface area contributed by atoms with E-state index in [1.54, 1.807) is 25.3 Å². The Bertz CT molecular complexity index is 656. The van der Waals surface area contributed by atoms with Crippen molar-refractivity contribution in [2.75, 3.05) is 19.0 Å². The van der Waals surface area contributed by atoms with Crippen LogP contribution >= 0.6 is 0 Å². The minimum absolute atomic E-state index is 0.268. The monoisotopic (exact) mass is 317 g/mol. The molecule has 0 unspecified atom stereocenters. The van der Waals surface area contributed by atoms with Gasteiger partial charge in [-0.25, -0.2) is 4.39 Å². The molecule has 0 heterocycles. The van der Waals surface area contributed by atoms with Crippen LogP contribution in [0, 0.1) is 5.82 Å². The average molecular weight is 317 g/mol. The fourth-order valence-electron chi connectivity index (χ4n) is 2.10. The second kappa shape index (κ2) is 8.29. The van der Waals surface area contributed by atoms with E-state index < -0.39 is 0 Å². The van der Waals surface area contributed by atoms with Gasteiger partial charge in [0.15, 0.2) is 0 Å². The van der Waals surface area contributed by atoms with E-state index in [1.165, 1.54) is 24.3 Å². The quantitative estimate of drug-likeness (QED) is 0.785. The Morgan fingerprint density at radius 3 is 2.57 bits per heavy atom. The van der Waals surface area contributed by atoms with Gasteiger partial charge >= 0.3 is 0 Å². The molecule has 5 heteroatoms. The van der Waals surface area contributed by atoms with Crippen molar-refractivity contribution >= 4 is 11.6 Å². The first-order chi connectivity index (χ1) is 11.1. The lowest BCUT2D eigenvalue weighted by molar-refractivity contribution is 0.102. The molecule has 0 aliphatic heterocycles. The lowest BCUT2D eigenvalue weighted by Gasteiger charge is -2.11. The van der Waals surface area contributed by atoms with Gasteiger partial charge in [0.2, 0.25) is 0 Å². The van der Waals surface area contributed by atoms with Gasteiger partial charge in [0.25, 0.3) is 5.91 Å². The number of rotatable bonds is 7. The molecule has 0 aliphatic carbocycles. The Labute approximate surface area is 135 Å². The van der Waals surface area contributed by atoms with Gasteiger partial charge in [-0.1, -0.05) is 6.92 Å². The molecule has 2 aromatic rings. The van der Waals surface area contributed by atoms with Crippen LogP contribution in [0.15, 0.2) is 42.5 Å². The van der Waals surface area contributed by atoms with E-state index in [4.69, 9.17) is 9.47 Å². The van der Waals surface area contributed by atoms with Crippen LogP contribution in [0.1, 0.15) is 29.3 Å². The Kier molecular flexibility index (Phi) is 6.11. The molecule has 0 aliphatic rings. The maximum atomic E-state index is 12.9. The number of nitrogens with one attached hydrogen (secondary N) is 1. The minimum Gasteiger partial charge on any atom is -0.496 e. The van der Waals surface area contributed by atoms with Crippen LogP contribution in [0.3, 0.4) is 0 Å². The SMILES string of the molecule is CCCOCc1cc(C(=O)Nc2ccc(F)cc2)ccc1OC. The number of amides is 1. The maximum Gasteiger partial charge on any atom is 0.255 e. The summed E-state index contributed by atoms with van der Waals surface area (Å²) in [4.78, 5) is 12.3. The van der Waals surface area contributed by atoms with Crippen molar-refractivity contribution in [3.63, 3.8) is 0 Å². The summed E-state index contributed by atoms with van der Waals surface area (Å²) in [7, 11) is 1.58. The van der Waals surface area contributed by atoms with E-state index in [2.05, 4.69) is 5.32 Å². The van der Waals surface area contributed by atoms with E-state index in [0.717, 1.165) is 12.0 Å². The fourth-order valence-corrected chi connectivity index (χ4v) is 2.10. The van der Waals surface area contributed by atoms with Crippen molar-refractivity contribution in [3.05, 3.63) is 59.4 Å². The number of benzene rings is 2. The van der Waals surface area contributed by atoms with Crippen LogP contribution in [0.2, 0.25) is 0 Å². The Morgan fingerprint density at radius 1 is 1.17 bits per heavy atom. The summed E-state index contributed by atoms with van der Waals surface area (Å²) in [6.07, 6.45) is 0.924. The van der Waals surface area contributed by atoms with Gasteiger partial charge in [-0.05, 0) is 48.9 Å². The highest BCUT2D eigenvalue weighted by Gasteiger charge is 2.11. The first-order valence-corrected chi connectivity index (χ1v) is 7.45. The van der Waals surface area contributed by atoms with Crippen LogP contribution in [-0.4, -0.2) is 19.6 Å². The molecule has 2 rings (SSSR count). The van der Waals surface area contributed by atoms with E-state index in [0.29, 0.717) is 30.2 Å². The van der Waals surface area contributed by atoms with Crippen molar-refractivity contribution in [2.45, 2.75) is 20.0 Å². The van der Waals surface area contributed by atoms with Crippen LogP contribution < -0.4 is 10.1 Å². The summed E-state index contributed by atoms with van der Waals surface area (Å²) in [5.41, 5.74) is 1.84. The minimum atomic E-state index is -0.345.